The normalized spacial score (nSPS) is 12.0. The second-order valence-electron chi connectivity index (χ2n) is 5.01. The Morgan fingerprint density at radius 2 is 1.71 bits per heavy atom. The van der Waals surface area contributed by atoms with Crippen LogP contribution in [-0.2, 0) is 11.2 Å². The molecule has 0 saturated carbocycles. The molecule has 112 valence electrons. The van der Waals surface area contributed by atoms with Crippen molar-refractivity contribution in [1.29, 1.82) is 0 Å². The maximum atomic E-state index is 5.44. The number of methoxy groups -OCH3 is 2. The van der Waals surface area contributed by atoms with Crippen molar-refractivity contribution in [3.8, 4) is 5.75 Å². The summed E-state index contributed by atoms with van der Waals surface area (Å²) in [5.41, 5.74) is 3.57. The molecule has 1 N–H and O–H groups in total. The fourth-order valence-corrected chi connectivity index (χ4v) is 2.43. The highest BCUT2D eigenvalue weighted by Crippen LogP contribution is 2.28. The highest BCUT2D eigenvalue weighted by atomic mass is 16.5. The van der Waals surface area contributed by atoms with E-state index in [1.165, 1.54) is 5.56 Å². The van der Waals surface area contributed by atoms with Crippen molar-refractivity contribution >= 4 is 5.69 Å². The van der Waals surface area contributed by atoms with Gasteiger partial charge in [0, 0.05) is 18.4 Å². The van der Waals surface area contributed by atoms with Gasteiger partial charge in [-0.15, -0.1) is 0 Å². The molecule has 1 unspecified atom stereocenters. The third-order valence-electron chi connectivity index (χ3n) is 3.57. The highest BCUT2D eigenvalue weighted by Gasteiger charge is 2.12. The summed E-state index contributed by atoms with van der Waals surface area (Å²) in [6.45, 7) is 2.87. The van der Waals surface area contributed by atoms with Crippen LogP contribution in [0.1, 0.15) is 24.1 Å². The minimum Gasteiger partial charge on any atom is -0.496 e. The fourth-order valence-electron chi connectivity index (χ4n) is 2.43. The van der Waals surface area contributed by atoms with E-state index in [2.05, 4.69) is 36.5 Å². The van der Waals surface area contributed by atoms with Gasteiger partial charge in [0.15, 0.2) is 0 Å². The van der Waals surface area contributed by atoms with E-state index in [1.807, 2.05) is 24.3 Å². The number of benzene rings is 2. The number of hydrogen-bond donors (Lipinski definition) is 1. The van der Waals surface area contributed by atoms with E-state index in [1.54, 1.807) is 14.2 Å². The van der Waals surface area contributed by atoms with E-state index in [4.69, 9.17) is 9.47 Å². The molecule has 0 amide bonds. The Morgan fingerprint density at radius 3 is 2.48 bits per heavy atom. The van der Waals surface area contributed by atoms with Crippen LogP contribution < -0.4 is 10.1 Å². The molecule has 0 aliphatic heterocycles. The van der Waals surface area contributed by atoms with Crippen LogP contribution in [0.5, 0.6) is 5.75 Å². The second kappa shape index (κ2) is 7.70. The summed E-state index contributed by atoms with van der Waals surface area (Å²) in [4.78, 5) is 0. The molecule has 0 spiro atoms. The quantitative estimate of drug-likeness (QED) is 0.832. The molecule has 2 aromatic rings. The monoisotopic (exact) mass is 285 g/mol. The Labute approximate surface area is 126 Å². The van der Waals surface area contributed by atoms with Gasteiger partial charge in [-0.05, 0) is 31.0 Å². The Balaban J connectivity index is 2.17. The summed E-state index contributed by atoms with van der Waals surface area (Å²) in [7, 11) is 3.44. The lowest BCUT2D eigenvalue weighted by molar-refractivity contribution is 0.202. The van der Waals surface area contributed by atoms with E-state index in [-0.39, 0.29) is 6.04 Å². The lowest BCUT2D eigenvalue weighted by atomic mass is 10.0. The van der Waals surface area contributed by atoms with Gasteiger partial charge >= 0.3 is 0 Å². The summed E-state index contributed by atoms with van der Waals surface area (Å²) in [6.07, 6.45) is 0.901. The van der Waals surface area contributed by atoms with Gasteiger partial charge in [-0.25, -0.2) is 0 Å². The first-order valence-electron chi connectivity index (χ1n) is 7.22. The van der Waals surface area contributed by atoms with Crippen LogP contribution in [0.4, 0.5) is 5.69 Å². The summed E-state index contributed by atoms with van der Waals surface area (Å²) >= 11 is 0. The molecule has 2 rings (SSSR count). The summed E-state index contributed by atoms with van der Waals surface area (Å²) in [6, 6.07) is 16.6. The Hall–Kier alpha value is -2.00. The van der Waals surface area contributed by atoms with Gasteiger partial charge in [-0.3, -0.25) is 0 Å². The SMILES string of the molecule is COCCc1ccccc1NC(C)c1ccccc1OC. The molecule has 0 aromatic heterocycles. The lowest BCUT2D eigenvalue weighted by Crippen LogP contribution is -2.10. The predicted molar refractivity (Wildman–Crippen MR) is 87.1 cm³/mol. The lowest BCUT2D eigenvalue weighted by Gasteiger charge is -2.20. The Kier molecular flexibility index (Phi) is 5.64. The number of rotatable bonds is 7. The van der Waals surface area contributed by atoms with Crippen molar-refractivity contribution in [2.45, 2.75) is 19.4 Å². The molecule has 3 heteroatoms. The molecule has 2 aromatic carbocycles. The number of hydrogen-bond acceptors (Lipinski definition) is 3. The van der Waals surface area contributed by atoms with Gasteiger partial charge in [0.1, 0.15) is 5.75 Å². The predicted octanol–water partition coefficient (Wildman–Crippen LogP) is 4.06. The first-order valence-corrected chi connectivity index (χ1v) is 7.22. The van der Waals surface area contributed by atoms with Crippen LogP contribution >= 0.6 is 0 Å². The van der Waals surface area contributed by atoms with Crippen LogP contribution in [-0.4, -0.2) is 20.8 Å². The molecule has 3 nitrogen and oxygen atoms in total. The van der Waals surface area contributed by atoms with Crippen molar-refractivity contribution in [2.24, 2.45) is 0 Å². The highest BCUT2D eigenvalue weighted by molar-refractivity contribution is 5.53. The number of para-hydroxylation sites is 2. The second-order valence-corrected chi connectivity index (χ2v) is 5.01. The maximum absolute atomic E-state index is 5.44. The number of anilines is 1. The molecular weight excluding hydrogens is 262 g/mol. The Bertz CT molecular complexity index is 569. The van der Waals surface area contributed by atoms with E-state index in [0.717, 1.165) is 30.0 Å². The number of ether oxygens (including phenoxy) is 2. The molecule has 0 bridgehead atoms. The molecule has 0 heterocycles. The largest absolute Gasteiger partial charge is 0.496 e. The molecule has 21 heavy (non-hydrogen) atoms. The maximum Gasteiger partial charge on any atom is 0.124 e. The average Bonchev–Trinajstić information content (AvgIpc) is 2.54. The fraction of sp³-hybridized carbons (Fsp3) is 0.333. The third-order valence-corrected chi connectivity index (χ3v) is 3.57. The van der Waals surface area contributed by atoms with E-state index in [0.29, 0.717) is 0 Å². The average molecular weight is 285 g/mol. The molecular formula is C18H23NO2. The van der Waals surface area contributed by atoms with Gasteiger partial charge < -0.3 is 14.8 Å². The topological polar surface area (TPSA) is 30.5 Å². The summed E-state index contributed by atoms with van der Waals surface area (Å²) < 4.78 is 10.6. The van der Waals surface area contributed by atoms with Gasteiger partial charge in [0.2, 0.25) is 0 Å². The van der Waals surface area contributed by atoms with Gasteiger partial charge in [-0.1, -0.05) is 36.4 Å². The smallest absolute Gasteiger partial charge is 0.124 e. The minimum atomic E-state index is 0.171. The molecule has 0 fully saturated rings. The van der Waals surface area contributed by atoms with E-state index >= 15 is 0 Å². The van der Waals surface area contributed by atoms with Crippen molar-refractivity contribution < 1.29 is 9.47 Å². The van der Waals surface area contributed by atoms with Gasteiger partial charge in [0.25, 0.3) is 0 Å². The zero-order valence-electron chi connectivity index (χ0n) is 12.9. The Morgan fingerprint density at radius 1 is 1.00 bits per heavy atom. The number of nitrogens with one attached hydrogen (secondary N) is 1. The minimum absolute atomic E-state index is 0.171. The van der Waals surface area contributed by atoms with Crippen molar-refractivity contribution in [2.75, 3.05) is 26.1 Å². The molecule has 0 aliphatic carbocycles. The first kappa shape index (κ1) is 15.4. The standard InChI is InChI=1S/C18H23NO2/c1-14(16-9-5-7-11-18(16)21-3)19-17-10-6-4-8-15(17)12-13-20-2/h4-11,14,19H,12-13H2,1-3H3. The van der Waals surface area contributed by atoms with E-state index < -0.39 is 0 Å². The summed E-state index contributed by atoms with van der Waals surface area (Å²) in [5.74, 6) is 0.909. The van der Waals surface area contributed by atoms with Crippen molar-refractivity contribution in [3.63, 3.8) is 0 Å². The first-order chi connectivity index (χ1) is 10.3. The van der Waals surface area contributed by atoms with Crippen LogP contribution in [0.15, 0.2) is 48.5 Å². The van der Waals surface area contributed by atoms with Crippen LogP contribution in [0, 0.1) is 0 Å². The molecule has 0 radical (unpaired) electrons. The van der Waals surface area contributed by atoms with Crippen LogP contribution in [0.3, 0.4) is 0 Å². The van der Waals surface area contributed by atoms with Crippen LogP contribution in [0.25, 0.3) is 0 Å². The molecule has 0 saturated heterocycles. The zero-order valence-corrected chi connectivity index (χ0v) is 12.9. The third kappa shape index (κ3) is 3.99. The van der Waals surface area contributed by atoms with Gasteiger partial charge in [0.05, 0.1) is 19.8 Å². The van der Waals surface area contributed by atoms with E-state index in [9.17, 15) is 0 Å². The van der Waals surface area contributed by atoms with Crippen molar-refractivity contribution in [3.05, 3.63) is 59.7 Å². The molecule has 0 aliphatic rings. The molecule has 1 atom stereocenters. The van der Waals surface area contributed by atoms with Crippen LogP contribution in [0.2, 0.25) is 0 Å². The van der Waals surface area contributed by atoms with Gasteiger partial charge in [-0.2, -0.15) is 0 Å². The zero-order chi connectivity index (χ0) is 15.1. The van der Waals surface area contributed by atoms with Crippen molar-refractivity contribution in [1.82, 2.24) is 0 Å². The summed E-state index contributed by atoms with van der Waals surface area (Å²) in [5, 5.41) is 3.57.